The molecule has 3 aliphatic rings. The van der Waals surface area contributed by atoms with Gasteiger partial charge in [0.1, 0.15) is 0 Å². The van der Waals surface area contributed by atoms with Gasteiger partial charge in [0.05, 0.1) is 5.66 Å². The van der Waals surface area contributed by atoms with Crippen LogP contribution in [0, 0.1) is 6.92 Å². The van der Waals surface area contributed by atoms with Gasteiger partial charge in [-0.2, -0.15) is 0 Å². The van der Waals surface area contributed by atoms with Crippen molar-refractivity contribution in [2.75, 3.05) is 0 Å². The molecule has 1 aromatic carbocycles. The van der Waals surface area contributed by atoms with Crippen molar-refractivity contribution in [1.29, 1.82) is 0 Å². The topological polar surface area (TPSA) is 15.3 Å². The molecule has 3 atom stereocenters. The van der Waals surface area contributed by atoms with Gasteiger partial charge in [0, 0.05) is 18.6 Å². The lowest BCUT2D eigenvalue weighted by molar-refractivity contribution is -0.185. The van der Waals surface area contributed by atoms with E-state index in [0.717, 1.165) is 18.6 Å². The van der Waals surface area contributed by atoms with Gasteiger partial charge >= 0.3 is 0 Å². The lowest BCUT2D eigenvalue weighted by atomic mass is 9.75. The van der Waals surface area contributed by atoms with Gasteiger partial charge in [-0.3, -0.25) is 10.2 Å². The molecule has 0 bridgehead atoms. The predicted molar refractivity (Wildman–Crippen MR) is 68.6 cm³/mol. The molecule has 3 heterocycles. The third-order valence-corrected chi connectivity index (χ3v) is 5.00. The van der Waals surface area contributed by atoms with Gasteiger partial charge in [0.25, 0.3) is 0 Å². The van der Waals surface area contributed by atoms with Crippen molar-refractivity contribution in [3.8, 4) is 0 Å². The summed E-state index contributed by atoms with van der Waals surface area (Å²) < 4.78 is 0. The Kier molecular flexibility index (Phi) is 1.98. The van der Waals surface area contributed by atoms with Crippen LogP contribution in [0.3, 0.4) is 0 Å². The molecule has 3 fully saturated rings. The molecule has 90 valence electrons. The van der Waals surface area contributed by atoms with Crippen LogP contribution in [0.25, 0.3) is 0 Å². The largest absolute Gasteiger partial charge is 0.295 e. The first-order valence-corrected chi connectivity index (χ1v) is 6.86. The van der Waals surface area contributed by atoms with Crippen LogP contribution in [0.15, 0.2) is 24.3 Å². The average Bonchev–Trinajstić information content (AvgIpc) is 2.48. The summed E-state index contributed by atoms with van der Waals surface area (Å²) in [5.74, 6) is 0. The quantitative estimate of drug-likeness (QED) is 0.854. The first-order chi connectivity index (χ1) is 8.27. The molecule has 0 amide bonds. The third-order valence-electron chi connectivity index (χ3n) is 5.00. The third kappa shape index (κ3) is 1.34. The molecular formula is C15H20N2. The normalized spacial score (nSPS) is 38.4. The fourth-order valence-electron chi connectivity index (χ4n) is 4.12. The van der Waals surface area contributed by atoms with Gasteiger partial charge in [-0.15, -0.1) is 0 Å². The minimum atomic E-state index is 0.400. The molecule has 0 aliphatic carbocycles. The molecule has 0 spiro atoms. The van der Waals surface area contributed by atoms with E-state index in [1.54, 1.807) is 0 Å². The lowest BCUT2D eigenvalue weighted by Gasteiger charge is -2.67. The monoisotopic (exact) mass is 228 g/mol. The molecule has 1 unspecified atom stereocenters. The Bertz CT molecular complexity index is 423. The van der Waals surface area contributed by atoms with E-state index < -0.39 is 0 Å². The van der Waals surface area contributed by atoms with Crippen LogP contribution < -0.4 is 5.32 Å². The molecule has 0 radical (unpaired) electrons. The van der Waals surface area contributed by atoms with Gasteiger partial charge in [0.15, 0.2) is 0 Å². The van der Waals surface area contributed by atoms with Crippen LogP contribution in [-0.2, 0) is 6.54 Å². The maximum Gasteiger partial charge on any atom is 0.0750 e. The Balaban J connectivity index is 1.41. The number of aryl methyl sites for hydroxylation is 1. The van der Waals surface area contributed by atoms with Crippen LogP contribution in [-0.4, -0.2) is 22.6 Å². The first-order valence-electron chi connectivity index (χ1n) is 6.86. The van der Waals surface area contributed by atoms with Gasteiger partial charge < -0.3 is 0 Å². The minimum Gasteiger partial charge on any atom is -0.295 e. The zero-order valence-electron chi connectivity index (χ0n) is 10.4. The zero-order chi connectivity index (χ0) is 11.5. The number of piperidine rings is 1. The highest BCUT2D eigenvalue weighted by molar-refractivity contribution is 5.24. The van der Waals surface area contributed by atoms with Gasteiger partial charge in [-0.1, -0.05) is 29.8 Å². The summed E-state index contributed by atoms with van der Waals surface area (Å²) in [5.41, 5.74) is 3.16. The second-order valence-electron chi connectivity index (χ2n) is 6.07. The average molecular weight is 228 g/mol. The molecule has 0 aromatic heterocycles. The summed E-state index contributed by atoms with van der Waals surface area (Å²) in [5, 5.41) is 3.79. The van der Waals surface area contributed by atoms with E-state index in [9.17, 15) is 0 Å². The van der Waals surface area contributed by atoms with Crippen LogP contribution in [0.1, 0.15) is 36.8 Å². The highest BCUT2D eigenvalue weighted by Crippen LogP contribution is 2.56. The fraction of sp³-hybridized carbons (Fsp3) is 0.600. The Morgan fingerprint density at radius 1 is 1.18 bits per heavy atom. The van der Waals surface area contributed by atoms with Crippen molar-refractivity contribution in [3.05, 3.63) is 35.4 Å². The predicted octanol–water partition coefficient (Wildman–Crippen LogP) is 2.42. The summed E-state index contributed by atoms with van der Waals surface area (Å²) in [6, 6.07) is 10.7. The summed E-state index contributed by atoms with van der Waals surface area (Å²) in [6.45, 7) is 3.17. The van der Waals surface area contributed by atoms with Crippen molar-refractivity contribution in [2.45, 2.75) is 56.9 Å². The summed E-state index contributed by atoms with van der Waals surface area (Å²) in [4.78, 5) is 2.74. The van der Waals surface area contributed by atoms with Crippen LogP contribution in [0.4, 0.5) is 0 Å². The van der Waals surface area contributed by atoms with E-state index >= 15 is 0 Å². The van der Waals surface area contributed by atoms with Crippen molar-refractivity contribution in [2.24, 2.45) is 0 Å². The maximum absolute atomic E-state index is 3.79. The van der Waals surface area contributed by atoms with Gasteiger partial charge in [-0.05, 0) is 38.2 Å². The lowest BCUT2D eigenvalue weighted by Crippen LogP contribution is -2.80. The minimum absolute atomic E-state index is 0.400. The highest BCUT2D eigenvalue weighted by Gasteiger charge is 2.65. The van der Waals surface area contributed by atoms with Gasteiger partial charge in [-0.25, -0.2) is 0 Å². The second kappa shape index (κ2) is 3.33. The van der Waals surface area contributed by atoms with E-state index in [1.807, 2.05) is 0 Å². The van der Waals surface area contributed by atoms with Crippen LogP contribution in [0.2, 0.25) is 0 Å². The van der Waals surface area contributed by atoms with E-state index in [2.05, 4.69) is 41.4 Å². The summed E-state index contributed by atoms with van der Waals surface area (Å²) in [6.07, 6.45) is 5.65. The number of hydrogen-bond donors (Lipinski definition) is 1. The first kappa shape index (κ1) is 10.1. The molecule has 3 aliphatic heterocycles. The number of hydrogen-bond acceptors (Lipinski definition) is 2. The summed E-state index contributed by atoms with van der Waals surface area (Å²) in [7, 11) is 0. The van der Waals surface area contributed by atoms with Crippen LogP contribution in [0.5, 0.6) is 0 Å². The number of nitrogens with zero attached hydrogens (tertiary/aromatic N) is 1. The second-order valence-corrected chi connectivity index (χ2v) is 6.07. The van der Waals surface area contributed by atoms with Crippen molar-refractivity contribution in [1.82, 2.24) is 10.2 Å². The fourth-order valence-corrected chi connectivity index (χ4v) is 4.12. The molecule has 4 rings (SSSR count). The standard InChI is InChI=1S/C15H20N2/c1-11-2-4-12(5-3-11)10-16-15-8-13-6-7-14(9-15)17(13)15/h2-5,13-14,16H,6-10H2,1H3/t13-,14+,15?. The van der Waals surface area contributed by atoms with Gasteiger partial charge in [0.2, 0.25) is 0 Å². The molecule has 17 heavy (non-hydrogen) atoms. The van der Waals surface area contributed by atoms with Crippen molar-refractivity contribution < 1.29 is 0 Å². The Morgan fingerprint density at radius 2 is 1.82 bits per heavy atom. The molecule has 1 aromatic rings. The molecule has 3 saturated heterocycles. The number of benzene rings is 1. The molecule has 2 heteroatoms. The van der Waals surface area contributed by atoms with Crippen LogP contribution >= 0.6 is 0 Å². The Hall–Kier alpha value is -0.860. The molecule has 1 N–H and O–H groups in total. The zero-order valence-corrected chi connectivity index (χ0v) is 10.4. The number of nitrogens with one attached hydrogen (secondary N) is 1. The smallest absolute Gasteiger partial charge is 0.0750 e. The number of rotatable bonds is 3. The SMILES string of the molecule is Cc1ccc(CNC23C[C@H]4CC[C@@H](C2)N43)cc1. The van der Waals surface area contributed by atoms with E-state index in [4.69, 9.17) is 0 Å². The highest BCUT2D eigenvalue weighted by atomic mass is 15.5. The molecule has 0 saturated carbocycles. The molecule has 2 nitrogen and oxygen atoms in total. The maximum atomic E-state index is 3.79. The Morgan fingerprint density at radius 3 is 2.47 bits per heavy atom. The van der Waals surface area contributed by atoms with E-state index in [1.165, 1.54) is 36.8 Å². The van der Waals surface area contributed by atoms with Crippen molar-refractivity contribution in [3.63, 3.8) is 0 Å². The Labute approximate surface area is 103 Å². The van der Waals surface area contributed by atoms with E-state index in [0.29, 0.717) is 5.66 Å². The summed E-state index contributed by atoms with van der Waals surface area (Å²) >= 11 is 0. The molecular weight excluding hydrogens is 208 g/mol. The van der Waals surface area contributed by atoms with E-state index in [-0.39, 0.29) is 0 Å². The van der Waals surface area contributed by atoms with Crippen molar-refractivity contribution >= 4 is 0 Å².